The average molecular weight is 316 g/mol. The van der Waals surface area contributed by atoms with Crippen LogP contribution in [0.3, 0.4) is 0 Å². The van der Waals surface area contributed by atoms with Crippen molar-refractivity contribution in [3.8, 4) is 0 Å². The summed E-state index contributed by atoms with van der Waals surface area (Å²) in [6.45, 7) is 14.8. The first-order valence-corrected chi connectivity index (χ1v) is 8.43. The van der Waals surface area contributed by atoms with Gasteiger partial charge in [0.2, 0.25) is 0 Å². The predicted octanol–water partition coefficient (Wildman–Crippen LogP) is 3.80. The molecule has 2 heterocycles. The smallest absolute Gasteiger partial charge is 0.147 e. The Labute approximate surface area is 136 Å². The number of hydrogen-bond acceptors (Lipinski definition) is 5. The highest BCUT2D eigenvalue weighted by molar-refractivity contribution is 7.17. The van der Waals surface area contributed by atoms with Gasteiger partial charge >= 0.3 is 0 Å². The van der Waals surface area contributed by atoms with Gasteiger partial charge in [-0.2, -0.15) is 0 Å². The molecule has 0 aliphatic rings. The van der Waals surface area contributed by atoms with Crippen LogP contribution in [0.1, 0.15) is 13.8 Å². The Morgan fingerprint density at radius 2 is 2.00 bits per heavy atom. The van der Waals surface area contributed by atoms with Crippen LogP contribution in [0.4, 0.5) is 5.82 Å². The van der Waals surface area contributed by atoms with Crippen molar-refractivity contribution in [2.45, 2.75) is 19.9 Å². The van der Waals surface area contributed by atoms with Gasteiger partial charge in [-0.05, 0) is 17.4 Å². The highest BCUT2D eigenvalue weighted by Gasteiger charge is 2.20. The molecule has 1 N–H and O–H groups in total. The average Bonchev–Trinajstić information content (AvgIpc) is 2.96. The third-order valence-electron chi connectivity index (χ3n) is 3.69. The van der Waals surface area contributed by atoms with Gasteiger partial charge in [-0.25, -0.2) is 9.97 Å². The minimum atomic E-state index is 0.390. The van der Waals surface area contributed by atoms with Crippen LogP contribution in [0.5, 0.6) is 0 Å². The quantitative estimate of drug-likeness (QED) is 0.714. The molecule has 118 valence electrons. The summed E-state index contributed by atoms with van der Waals surface area (Å²) in [6, 6.07) is 2.41. The second kappa shape index (κ2) is 8.06. The van der Waals surface area contributed by atoms with Crippen molar-refractivity contribution in [1.29, 1.82) is 0 Å². The molecule has 0 aliphatic heterocycles. The lowest BCUT2D eigenvalue weighted by molar-refractivity contribution is 0.199. The van der Waals surface area contributed by atoms with E-state index in [0.717, 1.165) is 35.7 Å². The number of nitrogens with zero attached hydrogens (tertiary/aromatic N) is 3. The van der Waals surface area contributed by atoms with Crippen LogP contribution >= 0.6 is 11.3 Å². The maximum atomic E-state index is 4.39. The van der Waals surface area contributed by atoms with Gasteiger partial charge in [0.05, 0.1) is 10.2 Å². The lowest BCUT2D eigenvalue weighted by atomic mass is 10.0. The molecule has 5 heteroatoms. The first-order chi connectivity index (χ1) is 10.7. The molecule has 0 amide bonds. The third-order valence-corrected chi connectivity index (χ3v) is 4.60. The Hall–Kier alpha value is -1.72. The summed E-state index contributed by atoms with van der Waals surface area (Å²) >= 11 is 1.67. The van der Waals surface area contributed by atoms with Crippen molar-refractivity contribution < 1.29 is 0 Å². The highest BCUT2D eigenvalue weighted by atomic mass is 32.1. The molecule has 4 nitrogen and oxygen atoms in total. The van der Waals surface area contributed by atoms with Gasteiger partial charge in [0.25, 0.3) is 0 Å². The van der Waals surface area contributed by atoms with Crippen LogP contribution in [-0.2, 0) is 0 Å². The van der Waals surface area contributed by atoms with Crippen molar-refractivity contribution in [2.75, 3.05) is 25.0 Å². The first kappa shape index (κ1) is 16.6. The normalized spacial score (nSPS) is 12.7. The molecule has 2 aromatic heterocycles. The van der Waals surface area contributed by atoms with Gasteiger partial charge < -0.3 is 5.32 Å². The van der Waals surface area contributed by atoms with Crippen LogP contribution < -0.4 is 5.32 Å². The Morgan fingerprint density at radius 1 is 1.27 bits per heavy atom. The van der Waals surface area contributed by atoms with Crippen molar-refractivity contribution >= 4 is 27.4 Å². The molecule has 0 saturated heterocycles. The molecule has 1 atom stereocenters. The van der Waals surface area contributed by atoms with Crippen molar-refractivity contribution in [2.24, 2.45) is 5.92 Å². The van der Waals surface area contributed by atoms with E-state index in [1.807, 2.05) is 23.6 Å². The van der Waals surface area contributed by atoms with E-state index < -0.39 is 0 Å². The fourth-order valence-corrected chi connectivity index (χ4v) is 3.39. The zero-order valence-corrected chi connectivity index (χ0v) is 14.1. The fourth-order valence-electron chi connectivity index (χ4n) is 2.58. The minimum absolute atomic E-state index is 0.390. The van der Waals surface area contributed by atoms with Gasteiger partial charge in [-0.15, -0.1) is 24.5 Å². The Morgan fingerprint density at radius 3 is 2.64 bits per heavy atom. The summed E-state index contributed by atoms with van der Waals surface area (Å²) in [4.78, 5) is 11.1. The lowest BCUT2D eigenvalue weighted by Gasteiger charge is -2.33. The molecule has 2 rings (SSSR count). The topological polar surface area (TPSA) is 41.0 Å². The van der Waals surface area contributed by atoms with E-state index >= 15 is 0 Å². The van der Waals surface area contributed by atoms with E-state index in [0.29, 0.717) is 12.0 Å². The molecule has 0 spiro atoms. The summed E-state index contributed by atoms with van der Waals surface area (Å²) in [5.74, 6) is 1.44. The molecule has 0 bridgehead atoms. The fraction of sp³-hybridized carbons (Fsp3) is 0.412. The largest absolute Gasteiger partial charge is 0.367 e. The van der Waals surface area contributed by atoms with Gasteiger partial charge in [0, 0.05) is 25.7 Å². The molecule has 0 aromatic carbocycles. The van der Waals surface area contributed by atoms with Crippen molar-refractivity contribution in [1.82, 2.24) is 14.9 Å². The van der Waals surface area contributed by atoms with Crippen molar-refractivity contribution in [3.05, 3.63) is 43.1 Å². The second-order valence-corrected chi connectivity index (χ2v) is 6.50. The van der Waals surface area contributed by atoms with Crippen LogP contribution in [0.2, 0.25) is 0 Å². The molecular weight excluding hydrogens is 292 g/mol. The van der Waals surface area contributed by atoms with Gasteiger partial charge in [0.15, 0.2) is 0 Å². The third kappa shape index (κ3) is 3.93. The highest BCUT2D eigenvalue weighted by Crippen LogP contribution is 2.25. The Balaban J connectivity index is 2.12. The number of rotatable bonds is 9. The Bertz CT molecular complexity index is 610. The van der Waals surface area contributed by atoms with Gasteiger partial charge in [0.1, 0.15) is 12.1 Å². The summed E-state index contributed by atoms with van der Waals surface area (Å²) in [6.07, 6.45) is 5.51. The number of anilines is 1. The molecule has 0 fully saturated rings. The van der Waals surface area contributed by atoms with E-state index in [4.69, 9.17) is 0 Å². The molecule has 22 heavy (non-hydrogen) atoms. The van der Waals surface area contributed by atoms with Crippen LogP contribution in [0, 0.1) is 5.92 Å². The maximum Gasteiger partial charge on any atom is 0.147 e. The van der Waals surface area contributed by atoms with Crippen molar-refractivity contribution in [3.63, 3.8) is 0 Å². The number of fused-ring (bicyclic) bond motifs is 1. The van der Waals surface area contributed by atoms with Crippen LogP contribution in [0.25, 0.3) is 10.2 Å². The summed E-state index contributed by atoms with van der Waals surface area (Å²) in [7, 11) is 0. The van der Waals surface area contributed by atoms with E-state index in [1.165, 1.54) is 0 Å². The number of hydrogen-bond donors (Lipinski definition) is 1. The maximum absolute atomic E-state index is 4.39. The molecule has 1 unspecified atom stereocenters. The SMILES string of the molecule is C=CCN(CC=C)C(CNc1ncnc2ccsc12)C(C)C. The number of nitrogens with one attached hydrogen (secondary N) is 1. The molecule has 0 radical (unpaired) electrons. The number of thiophene rings is 1. The minimum Gasteiger partial charge on any atom is -0.367 e. The van der Waals surface area contributed by atoms with E-state index in [-0.39, 0.29) is 0 Å². The van der Waals surface area contributed by atoms with Crippen LogP contribution in [0.15, 0.2) is 43.1 Å². The zero-order valence-electron chi connectivity index (χ0n) is 13.3. The molecule has 2 aromatic rings. The lowest BCUT2D eigenvalue weighted by Crippen LogP contribution is -2.43. The molecular formula is C17H24N4S. The summed E-state index contributed by atoms with van der Waals surface area (Å²) in [5, 5.41) is 5.55. The standard InChI is InChI=1S/C17H24N4S/c1-5-8-21(9-6-2)15(13(3)4)11-18-17-16-14(7-10-22-16)19-12-20-17/h5-7,10,12-13,15H,1-2,8-9,11H2,3-4H3,(H,18,19,20). The second-order valence-electron chi connectivity index (χ2n) is 5.58. The van der Waals surface area contributed by atoms with E-state index in [9.17, 15) is 0 Å². The summed E-state index contributed by atoms with van der Waals surface area (Å²) in [5.41, 5.74) is 0.998. The molecule has 0 aliphatic carbocycles. The first-order valence-electron chi connectivity index (χ1n) is 7.55. The van der Waals surface area contributed by atoms with E-state index in [2.05, 4.69) is 47.2 Å². The van der Waals surface area contributed by atoms with E-state index in [1.54, 1.807) is 17.7 Å². The molecule has 0 saturated carbocycles. The van der Waals surface area contributed by atoms with Gasteiger partial charge in [-0.3, -0.25) is 4.90 Å². The zero-order chi connectivity index (χ0) is 15.9. The van der Waals surface area contributed by atoms with Gasteiger partial charge in [-0.1, -0.05) is 26.0 Å². The van der Waals surface area contributed by atoms with Crippen LogP contribution in [-0.4, -0.2) is 40.5 Å². The number of aromatic nitrogens is 2. The monoisotopic (exact) mass is 316 g/mol. The summed E-state index contributed by atoms with van der Waals surface area (Å²) < 4.78 is 1.11. The predicted molar refractivity (Wildman–Crippen MR) is 96.5 cm³/mol. The Kier molecular flexibility index (Phi) is 6.10.